The average molecular weight is 177 g/mol. The van der Waals surface area contributed by atoms with Gasteiger partial charge in [0, 0.05) is 11.3 Å². The third-order valence-electron chi connectivity index (χ3n) is 1.58. The zero-order valence-corrected chi connectivity index (χ0v) is 8.40. The lowest BCUT2D eigenvalue weighted by Crippen LogP contribution is -2.35. The van der Waals surface area contributed by atoms with Gasteiger partial charge in [0.25, 0.3) is 0 Å². The van der Waals surface area contributed by atoms with E-state index in [2.05, 4.69) is 13.8 Å². The van der Waals surface area contributed by atoms with E-state index in [4.69, 9.17) is 10.8 Å². The summed E-state index contributed by atoms with van der Waals surface area (Å²) in [6.45, 7) is 6.48. The summed E-state index contributed by atoms with van der Waals surface area (Å²) in [6.07, 6.45) is 0.935. The van der Waals surface area contributed by atoms with Crippen LogP contribution in [0, 0.1) is 0 Å². The topological polar surface area (TPSA) is 46.2 Å². The molecule has 11 heavy (non-hydrogen) atoms. The quantitative estimate of drug-likeness (QED) is 0.664. The molecule has 2 nitrogen and oxygen atoms in total. The SMILES string of the molecule is CCC(N)C(CO)SC(C)C. The Morgan fingerprint density at radius 1 is 1.45 bits per heavy atom. The molecule has 0 aromatic rings. The summed E-state index contributed by atoms with van der Waals surface area (Å²) in [5, 5.41) is 9.73. The van der Waals surface area contributed by atoms with Crippen LogP contribution in [0.3, 0.4) is 0 Å². The first-order valence-corrected chi connectivity index (χ1v) is 5.08. The van der Waals surface area contributed by atoms with Crippen LogP contribution in [0.4, 0.5) is 0 Å². The Bertz CT molecular complexity index is 98.1. The lowest BCUT2D eigenvalue weighted by atomic mass is 10.2. The first-order valence-electron chi connectivity index (χ1n) is 4.13. The molecule has 0 spiro atoms. The molecule has 0 fully saturated rings. The molecular weight excluding hydrogens is 158 g/mol. The lowest BCUT2D eigenvalue weighted by Gasteiger charge is -2.21. The standard InChI is InChI=1S/C8H19NOS/c1-4-7(9)8(5-10)11-6(2)3/h6-8,10H,4-5,9H2,1-3H3. The highest BCUT2D eigenvalue weighted by molar-refractivity contribution is 8.00. The van der Waals surface area contributed by atoms with E-state index in [9.17, 15) is 0 Å². The minimum atomic E-state index is 0.132. The van der Waals surface area contributed by atoms with Crippen LogP contribution in [-0.2, 0) is 0 Å². The number of aliphatic hydroxyl groups is 1. The molecule has 0 amide bonds. The molecule has 3 heteroatoms. The molecule has 0 saturated carbocycles. The van der Waals surface area contributed by atoms with Crippen LogP contribution < -0.4 is 5.73 Å². The van der Waals surface area contributed by atoms with E-state index in [1.807, 2.05) is 6.92 Å². The Morgan fingerprint density at radius 2 is 2.00 bits per heavy atom. The van der Waals surface area contributed by atoms with Gasteiger partial charge in [0.2, 0.25) is 0 Å². The van der Waals surface area contributed by atoms with Crippen molar-refractivity contribution in [2.45, 2.75) is 43.7 Å². The van der Waals surface area contributed by atoms with E-state index in [0.717, 1.165) is 6.42 Å². The second-order valence-corrected chi connectivity index (χ2v) is 4.80. The average Bonchev–Trinajstić information content (AvgIpc) is 1.98. The van der Waals surface area contributed by atoms with Gasteiger partial charge in [-0.05, 0) is 11.7 Å². The van der Waals surface area contributed by atoms with E-state index in [1.54, 1.807) is 11.8 Å². The van der Waals surface area contributed by atoms with Crippen molar-refractivity contribution in [1.82, 2.24) is 0 Å². The molecule has 0 aromatic heterocycles. The first-order chi connectivity index (χ1) is 5.11. The van der Waals surface area contributed by atoms with Gasteiger partial charge in [-0.2, -0.15) is 11.8 Å². The van der Waals surface area contributed by atoms with E-state index in [-0.39, 0.29) is 17.9 Å². The van der Waals surface area contributed by atoms with Gasteiger partial charge in [-0.3, -0.25) is 0 Å². The predicted molar refractivity (Wildman–Crippen MR) is 51.9 cm³/mol. The fourth-order valence-corrected chi connectivity index (χ4v) is 2.07. The smallest absolute Gasteiger partial charge is 0.0565 e. The number of aliphatic hydroxyl groups excluding tert-OH is 1. The molecule has 0 radical (unpaired) electrons. The maximum absolute atomic E-state index is 8.98. The molecule has 2 unspecified atom stereocenters. The third kappa shape index (κ3) is 4.67. The highest BCUT2D eigenvalue weighted by Crippen LogP contribution is 2.19. The maximum Gasteiger partial charge on any atom is 0.0565 e. The van der Waals surface area contributed by atoms with Crippen LogP contribution in [0.1, 0.15) is 27.2 Å². The van der Waals surface area contributed by atoms with Crippen molar-refractivity contribution in [3.63, 3.8) is 0 Å². The van der Waals surface area contributed by atoms with Gasteiger partial charge in [0.05, 0.1) is 6.61 Å². The van der Waals surface area contributed by atoms with Gasteiger partial charge < -0.3 is 10.8 Å². The number of nitrogens with two attached hydrogens (primary N) is 1. The minimum Gasteiger partial charge on any atom is -0.395 e. The van der Waals surface area contributed by atoms with Crippen LogP contribution >= 0.6 is 11.8 Å². The zero-order valence-electron chi connectivity index (χ0n) is 7.58. The largest absolute Gasteiger partial charge is 0.395 e. The normalized spacial score (nSPS) is 16.9. The maximum atomic E-state index is 8.98. The first kappa shape index (κ1) is 11.3. The van der Waals surface area contributed by atoms with Gasteiger partial charge in [-0.25, -0.2) is 0 Å². The molecule has 2 atom stereocenters. The van der Waals surface area contributed by atoms with Crippen molar-refractivity contribution in [3.8, 4) is 0 Å². The van der Waals surface area contributed by atoms with Crippen molar-refractivity contribution in [1.29, 1.82) is 0 Å². The Balaban J connectivity index is 3.74. The molecule has 0 bridgehead atoms. The van der Waals surface area contributed by atoms with Crippen LogP contribution in [0.2, 0.25) is 0 Å². The van der Waals surface area contributed by atoms with E-state index < -0.39 is 0 Å². The Morgan fingerprint density at radius 3 is 2.27 bits per heavy atom. The fourth-order valence-electron chi connectivity index (χ4n) is 0.892. The van der Waals surface area contributed by atoms with Gasteiger partial charge in [-0.15, -0.1) is 0 Å². The van der Waals surface area contributed by atoms with Gasteiger partial charge in [0.1, 0.15) is 0 Å². The van der Waals surface area contributed by atoms with E-state index in [1.165, 1.54) is 0 Å². The summed E-state index contributed by atoms with van der Waals surface area (Å²) < 4.78 is 0. The predicted octanol–water partition coefficient (Wildman–Crippen LogP) is 1.23. The highest BCUT2D eigenvalue weighted by Gasteiger charge is 2.16. The van der Waals surface area contributed by atoms with Gasteiger partial charge in [0.15, 0.2) is 0 Å². The van der Waals surface area contributed by atoms with Crippen molar-refractivity contribution in [3.05, 3.63) is 0 Å². The van der Waals surface area contributed by atoms with Crippen molar-refractivity contribution in [2.24, 2.45) is 5.73 Å². The molecule has 0 rings (SSSR count). The molecule has 0 heterocycles. The Hall–Kier alpha value is 0.270. The molecule has 0 aromatic carbocycles. The molecular formula is C8H19NOS. The zero-order chi connectivity index (χ0) is 8.85. The molecule has 0 saturated heterocycles. The van der Waals surface area contributed by atoms with Crippen molar-refractivity contribution < 1.29 is 5.11 Å². The number of thioether (sulfide) groups is 1. The third-order valence-corrected chi connectivity index (χ3v) is 2.97. The second kappa shape index (κ2) is 5.86. The van der Waals surface area contributed by atoms with Gasteiger partial charge >= 0.3 is 0 Å². The monoisotopic (exact) mass is 177 g/mol. The summed E-state index contributed by atoms with van der Waals surface area (Å²) in [5.74, 6) is 0. The number of hydrogen-bond donors (Lipinski definition) is 2. The van der Waals surface area contributed by atoms with E-state index in [0.29, 0.717) is 5.25 Å². The van der Waals surface area contributed by atoms with Crippen LogP contribution in [-0.4, -0.2) is 28.3 Å². The second-order valence-electron chi connectivity index (χ2n) is 2.98. The highest BCUT2D eigenvalue weighted by atomic mass is 32.2. The summed E-state index contributed by atoms with van der Waals surface area (Å²) >= 11 is 1.76. The summed E-state index contributed by atoms with van der Waals surface area (Å²) in [5.41, 5.74) is 5.80. The molecule has 68 valence electrons. The van der Waals surface area contributed by atoms with Crippen LogP contribution in [0.5, 0.6) is 0 Å². The molecule has 0 aliphatic heterocycles. The number of rotatable bonds is 5. The number of hydrogen-bond acceptors (Lipinski definition) is 3. The fraction of sp³-hybridized carbons (Fsp3) is 1.00. The van der Waals surface area contributed by atoms with Crippen molar-refractivity contribution >= 4 is 11.8 Å². The van der Waals surface area contributed by atoms with Crippen molar-refractivity contribution in [2.75, 3.05) is 6.61 Å². The van der Waals surface area contributed by atoms with Crippen LogP contribution in [0.15, 0.2) is 0 Å². The van der Waals surface area contributed by atoms with E-state index >= 15 is 0 Å². The lowest BCUT2D eigenvalue weighted by molar-refractivity contribution is 0.281. The molecule has 3 N–H and O–H groups in total. The Labute approximate surface area is 73.6 Å². The van der Waals surface area contributed by atoms with Gasteiger partial charge in [-0.1, -0.05) is 20.8 Å². The summed E-state index contributed by atoms with van der Waals surface area (Å²) in [6, 6.07) is 0.132. The Kier molecular flexibility index (Phi) is 6.01. The van der Waals surface area contributed by atoms with Crippen LogP contribution in [0.25, 0.3) is 0 Å². The summed E-state index contributed by atoms with van der Waals surface area (Å²) in [7, 11) is 0. The summed E-state index contributed by atoms with van der Waals surface area (Å²) in [4.78, 5) is 0. The minimum absolute atomic E-state index is 0.132. The molecule has 0 aliphatic carbocycles. The molecule has 0 aliphatic rings.